The smallest absolute Gasteiger partial charge is 0.0562 e. The summed E-state index contributed by atoms with van der Waals surface area (Å²) in [6, 6.07) is 67.5. The number of pyridine rings is 2. The predicted molar refractivity (Wildman–Crippen MR) is 236 cm³/mol. The maximum absolute atomic E-state index is 4.34. The molecule has 57 heavy (non-hydrogen) atoms. The predicted octanol–water partition coefficient (Wildman–Crippen LogP) is 13.5. The number of hydrogen-bond donors (Lipinski definition) is 0. The number of aromatic nitrogens is 4. The summed E-state index contributed by atoms with van der Waals surface area (Å²) < 4.78 is 4.79. The Morgan fingerprint density at radius 3 is 1.23 bits per heavy atom. The van der Waals surface area contributed by atoms with E-state index in [0.29, 0.717) is 0 Å². The van der Waals surface area contributed by atoms with Crippen LogP contribution in [-0.2, 0) is 0 Å². The van der Waals surface area contributed by atoms with Crippen molar-refractivity contribution < 1.29 is 0 Å². The number of hydrogen-bond acceptors (Lipinski definition) is 3. The largest absolute Gasteiger partial charge is 0.309 e. The van der Waals surface area contributed by atoms with Gasteiger partial charge in [-0.1, -0.05) is 103 Å². The summed E-state index contributed by atoms with van der Waals surface area (Å²) in [5.74, 6) is 0. The fourth-order valence-corrected chi connectivity index (χ4v) is 8.59. The SMILES string of the molecule is c1ccc(N(c2cccc3c2c2ccccc2n3-c2ccc(-c3cccnc3)cc2)c2cccc3c2c2ccccc2n3-c2ccc(-c3cccnc3)cc2)cc1. The molecule has 0 aliphatic carbocycles. The van der Waals surface area contributed by atoms with Gasteiger partial charge in [-0.2, -0.15) is 0 Å². The molecule has 4 aromatic heterocycles. The Hall–Kier alpha value is -7.76. The Balaban J connectivity index is 1.14. The first-order valence-corrected chi connectivity index (χ1v) is 19.2. The number of nitrogens with zero attached hydrogens (tertiary/aromatic N) is 5. The monoisotopic (exact) mass is 729 g/mol. The van der Waals surface area contributed by atoms with Gasteiger partial charge in [-0.05, 0) is 107 Å². The van der Waals surface area contributed by atoms with Gasteiger partial charge in [0.05, 0.1) is 33.4 Å². The summed E-state index contributed by atoms with van der Waals surface area (Å²) in [6.07, 6.45) is 7.45. The van der Waals surface area contributed by atoms with Gasteiger partial charge in [-0.15, -0.1) is 0 Å². The first-order chi connectivity index (χ1) is 28.3. The van der Waals surface area contributed by atoms with Gasteiger partial charge in [-0.3, -0.25) is 9.97 Å². The van der Waals surface area contributed by atoms with Crippen LogP contribution in [0, 0.1) is 0 Å². The molecule has 11 aromatic rings. The van der Waals surface area contributed by atoms with Crippen LogP contribution in [0.15, 0.2) is 213 Å². The molecule has 11 rings (SSSR count). The zero-order chi connectivity index (χ0) is 37.7. The van der Waals surface area contributed by atoms with Crippen LogP contribution in [0.1, 0.15) is 0 Å². The summed E-state index contributed by atoms with van der Waals surface area (Å²) in [5.41, 5.74) is 14.6. The molecule has 0 atom stereocenters. The minimum absolute atomic E-state index is 1.09. The second kappa shape index (κ2) is 13.5. The minimum atomic E-state index is 1.09. The third kappa shape index (κ3) is 5.40. The van der Waals surface area contributed by atoms with Gasteiger partial charge in [0.1, 0.15) is 0 Å². The first kappa shape index (κ1) is 32.7. The van der Waals surface area contributed by atoms with Crippen molar-refractivity contribution in [3.05, 3.63) is 213 Å². The fraction of sp³-hybridized carbons (Fsp3) is 0. The third-order valence-corrected chi connectivity index (χ3v) is 11.1. The number of anilines is 3. The molecule has 0 unspecified atom stereocenters. The summed E-state index contributed by atoms with van der Waals surface area (Å²) >= 11 is 0. The number of para-hydroxylation sites is 3. The number of benzene rings is 7. The fourth-order valence-electron chi connectivity index (χ4n) is 8.59. The molecular weight excluding hydrogens is 695 g/mol. The molecule has 5 nitrogen and oxygen atoms in total. The van der Waals surface area contributed by atoms with E-state index in [0.717, 1.165) is 72.8 Å². The highest BCUT2D eigenvalue weighted by Crippen LogP contribution is 2.47. The maximum atomic E-state index is 4.34. The van der Waals surface area contributed by atoms with E-state index in [1.54, 1.807) is 0 Å². The Bertz CT molecular complexity index is 3000. The van der Waals surface area contributed by atoms with Crippen LogP contribution in [0.3, 0.4) is 0 Å². The van der Waals surface area contributed by atoms with Crippen LogP contribution in [0.2, 0.25) is 0 Å². The molecule has 0 amide bonds. The molecule has 0 aliphatic heterocycles. The highest BCUT2D eigenvalue weighted by molar-refractivity contribution is 6.20. The average Bonchev–Trinajstić information content (AvgIpc) is 3.82. The molecule has 0 N–H and O–H groups in total. The van der Waals surface area contributed by atoms with Crippen molar-refractivity contribution >= 4 is 60.7 Å². The quantitative estimate of drug-likeness (QED) is 0.164. The van der Waals surface area contributed by atoms with E-state index >= 15 is 0 Å². The van der Waals surface area contributed by atoms with E-state index in [-0.39, 0.29) is 0 Å². The third-order valence-electron chi connectivity index (χ3n) is 11.1. The van der Waals surface area contributed by atoms with Crippen molar-refractivity contribution in [2.24, 2.45) is 0 Å². The van der Waals surface area contributed by atoms with Crippen LogP contribution in [0.4, 0.5) is 17.1 Å². The van der Waals surface area contributed by atoms with Gasteiger partial charge in [-0.25, -0.2) is 0 Å². The second-order valence-corrected chi connectivity index (χ2v) is 14.3. The van der Waals surface area contributed by atoms with Gasteiger partial charge in [0.15, 0.2) is 0 Å². The lowest BCUT2D eigenvalue weighted by molar-refractivity contribution is 1.18. The van der Waals surface area contributed by atoms with Crippen LogP contribution in [0.25, 0.3) is 77.2 Å². The molecule has 5 heteroatoms. The van der Waals surface area contributed by atoms with Gasteiger partial charge in [0.2, 0.25) is 0 Å². The molecule has 0 spiro atoms. The van der Waals surface area contributed by atoms with E-state index in [2.05, 4.69) is 200 Å². The lowest BCUT2D eigenvalue weighted by atomic mass is 10.1. The van der Waals surface area contributed by atoms with Crippen LogP contribution in [0.5, 0.6) is 0 Å². The van der Waals surface area contributed by atoms with E-state index in [4.69, 9.17) is 0 Å². The van der Waals surface area contributed by atoms with Crippen LogP contribution >= 0.6 is 0 Å². The van der Waals surface area contributed by atoms with Gasteiger partial charge in [0, 0.05) is 63.4 Å². The topological polar surface area (TPSA) is 38.9 Å². The lowest BCUT2D eigenvalue weighted by Crippen LogP contribution is -2.11. The first-order valence-electron chi connectivity index (χ1n) is 19.2. The number of fused-ring (bicyclic) bond motifs is 6. The summed E-state index contributed by atoms with van der Waals surface area (Å²) in [4.78, 5) is 11.1. The van der Waals surface area contributed by atoms with Crippen LogP contribution < -0.4 is 4.90 Å². The Morgan fingerprint density at radius 1 is 0.333 bits per heavy atom. The molecule has 268 valence electrons. The van der Waals surface area contributed by atoms with Gasteiger partial charge in [0.25, 0.3) is 0 Å². The molecule has 0 saturated carbocycles. The molecule has 0 radical (unpaired) electrons. The van der Waals surface area contributed by atoms with Gasteiger partial charge >= 0.3 is 0 Å². The van der Waals surface area contributed by atoms with E-state index in [1.165, 1.54) is 21.5 Å². The summed E-state index contributed by atoms with van der Waals surface area (Å²) in [6.45, 7) is 0. The molecule has 0 fully saturated rings. The van der Waals surface area contributed by atoms with Crippen molar-refractivity contribution in [1.82, 2.24) is 19.1 Å². The maximum Gasteiger partial charge on any atom is 0.0562 e. The molecular formula is C52H35N5. The minimum Gasteiger partial charge on any atom is -0.309 e. The van der Waals surface area contributed by atoms with Crippen LogP contribution in [-0.4, -0.2) is 19.1 Å². The van der Waals surface area contributed by atoms with Gasteiger partial charge < -0.3 is 14.0 Å². The lowest BCUT2D eigenvalue weighted by Gasteiger charge is -2.27. The van der Waals surface area contributed by atoms with E-state index < -0.39 is 0 Å². The molecule has 0 saturated heterocycles. The zero-order valence-electron chi connectivity index (χ0n) is 30.9. The standard InChI is InChI=1S/C52H35N5/c1-2-14-40(15-3-1)57(49-22-8-20-47-51(49)43-16-4-6-18-45(43)55(47)41-28-24-36(25-29-41)38-12-10-32-53-34-38)50-23-9-21-48-52(50)44-17-5-7-19-46(44)56(48)42-30-26-37(27-31-42)39-13-11-33-54-35-39/h1-35H. The van der Waals surface area contributed by atoms with E-state index in [1.807, 2.05) is 36.9 Å². The summed E-state index contributed by atoms with van der Waals surface area (Å²) in [7, 11) is 0. The Morgan fingerprint density at radius 2 is 0.772 bits per heavy atom. The normalized spacial score (nSPS) is 11.5. The molecule has 0 aliphatic rings. The van der Waals surface area contributed by atoms with Crippen molar-refractivity contribution in [3.8, 4) is 33.6 Å². The van der Waals surface area contributed by atoms with E-state index in [9.17, 15) is 0 Å². The Kier molecular flexibility index (Phi) is 7.74. The van der Waals surface area contributed by atoms with Crippen molar-refractivity contribution in [1.29, 1.82) is 0 Å². The molecule has 7 aromatic carbocycles. The summed E-state index contributed by atoms with van der Waals surface area (Å²) in [5, 5.41) is 4.78. The van der Waals surface area contributed by atoms with Crippen molar-refractivity contribution in [2.45, 2.75) is 0 Å². The van der Waals surface area contributed by atoms with Crippen molar-refractivity contribution in [2.75, 3.05) is 4.90 Å². The number of rotatable bonds is 7. The Labute approximate surface area is 330 Å². The highest BCUT2D eigenvalue weighted by Gasteiger charge is 2.24. The molecule has 4 heterocycles. The second-order valence-electron chi connectivity index (χ2n) is 14.3. The molecule has 0 bridgehead atoms. The van der Waals surface area contributed by atoms with Crippen molar-refractivity contribution in [3.63, 3.8) is 0 Å². The average molecular weight is 730 g/mol. The highest BCUT2D eigenvalue weighted by atomic mass is 15.2. The zero-order valence-corrected chi connectivity index (χ0v) is 30.9.